The summed E-state index contributed by atoms with van der Waals surface area (Å²) >= 11 is 6.45. The van der Waals surface area contributed by atoms with Crippen molar-refractivity contribution in [3.05, 3.63) is 58.1 Å². The van der Waals surface area contributed by atoms with E-state index in [1.165, 1.54) is 48.0 Å². The summed E-state index contributed by atoms with van der Waals surface area (Å²) in [6, 6.07) is 12.6. The van der Waals surface area contributed by atoms with Gasteiger partial charge in [0.15, 0.2) is 11.5 Å². The largest absolute Gasteiger partial charge is 0.504 e. The minimum absolute atomic E-state index is 0.0871. The van der Waals surface area contributed by atoms with E-state index in [0.29, 0.717) is 25.0 Å². The molecular weight excluding hydrogens is 498 g/mol. The van der Waals surface area contributed by atoms with E-state index in [1.54, 1.807) is 0 Å². The molecule has 5 nitrogen and oxygen atoms in total. The van der Waals surface area contributed by atoms with Crippen molar-refractivity contribution in [1.29, 1.82) is 0 Å². The smallest absolute Gasteiger partial charge is 0.165 e. The first-order chi connectivity index (χ1) is 18.4. The number of nitrogens with zero attached hydrogens (tertiary/aromatic N) is 1. The molecule has 2 aromatic carbocycles. The Balaban J connectivity index is 1.23. The predicted molar refractivity (Wildman–Crippen MR) is 146 cm³/mol. The zero-order valence-electron chi connectivity index (χ0n) is 22.5. The molecule has 1 N–H and O–H groups in total. The van der Waals surface area contributed by atoms with Crippen LogP contribution in [0.3, 0.4) is 0 Å². The third kappa shape index (κ3) is 2.84. The van der Waals surface area contributed by atoms with Gasteiger partial charge in [-0.1, -0.05) is 35.9 Å². The summed E-state index contributed by atoms with van der Waals surface area (Å²) in [5, 5.41) is 11.8. The van der Waals surface area contributed by atoms with Crippen LogP contribution >= 0.6 is 11.6 Å². The number of likely N-dealkylation sites (N-methyl/N-ethyl adjacent to an activating group) is 1. The first kappa shape index (κ1) is 24.0. The molecular formula is C32H39ClNO4+. The molecule has 0 aromatic heterocycles. The molecule has 5 aliphatic carbocycles. The SMILES string of the molecule is CO[C@]12CC[C@@]3(C[C@@H]1COCc1ccccc1Cl)[C@H]1Cc4ccc(O)c5c4[C@@]3(CC[N+]1(C)CC1CC1)[C@H]2O5. The number of ether oxygens (including phenoxy) is 3. The number of phenols is 1. The Bertz CT molecular complexity index is 1310. The van der Waals surface area contributed by atoms with Crippen molar-refractivity contribution < 1.29 is 23.8 Å². The van der Waals surface area contributed by atoms with Crippen molar-refractivity contribution in [2.45, 2.75) is 74.7 Å². The monoisotopic (exact) mass is 536 g/mol. The molecule has 4 saturated carbocycles. The van der Waals surface area contributed by atoms with Crippen LogP contribution in [0.5, 0.6) is 11.5 Å². The maximum absolute atomic E-state index is 11.0. The van der Waals surface area contributed by atoms with Crippen LogP contribution < -0.4 is 4.74 Å². The molecule has 5 fully saturated rings. The second kappa shape index (κ2) is 7.90. The summed E-state index contributed by atoms with van der Waals surface area (Å²) in [7, 11) is 4.43. The molecule has 7 aliphatic rings. The van der Waals surface area contributed by atoms with Crippen LogP contribution in [-0.4, -0.2) is 61.2 Å². The van der Waals surface area contributed by atoms with Gasteiger partial charge in [0.2, 0.25) is 0 Å². The van der Waals surface area contributed by atoms with Gasteiger partial charge < -0.3 is 23.8 Å². The van der Waals surface area contributed by atoms with Gasteiger partial charge in [0.1, 0.15) is 11.7 Å². The van der Waals surface area contributed by atoms with E-state index >= 15 is 0 Å². The van der Waals surface area contributed by atoms with E-state index in [9.17, 15) is 5.11 Å². The Morgan fingerprint density at radius 3 is 2.76 bits per heavy atom. The number of benzene rings is 2. The summed E-state index contributed by atoms with van der Waals surface area (Å²) < 4.78 is 21.2. The Labute approximate surface area is 230 Å². The number of piperidine rings is 1. The number of aromatic hydroxyl groups is 1. The standard InChI is InChI=1S/C32H38ClNO4/c1-34(17-20-7-8-20)14-13-31-27-21-9-10-25(35)28(27)38-29(31)32(36-2)12-11-30(31,26(34)15-21)16-23(32)19-37-18-22-5-3-4-6-24(22)33/h3-6,9-10,20,23,26,29H,7-8,11-19H2,1-2H3/p+1/t23-,26-,29-,30-,31+,32-,34?/m1/s1. The molecule has 0 radical (unpaired) electrons. The van der Waals surface area contributed by atoms with Gasteiger partial charge in [-0.15, -0.1) is 0 Å². The van der Waals surface area contributed by atoms with Crippen molar-refractivity contribution >= 4 is 11.6 Å². The fourth-order valence-electron chi connectivity index (χ4n) is 10.4. The lowest BCUT2D eigenvalue weighted by molar-refractivity contribution is -0.952. The number of likely N-dealkylation sites (tertiary alicyclic amines) is 1. The number of fused-ring (bicyclic) bond motifs is 2. The Morgan fingerprint density at radius 1 is 1.13 bits per heavy atom. The molecule has 2 aromatic rings. The van der Waals surface area contributed by atoms with Gasteiger partial charge >= 0.3 is 0 Å². The van der Waals surface area contributed by atoms with Crippen LogP contribution in [-0.2, 0) is 27.9 Å². The van der Waals surface area contributed by atoms with E-state index < -0.39 is 5.60 Å². The van der Waals surface area contributed by atoms with E-state index in [-0.39, 0.29) is 22.9 Å². The van der Waals surface area contributed by atoms with E-state index in [4.69, 9.17) is 25.8 Å². The van der Waals surface area contributed by atoms with Gasteiger partial charge in [0.25, 0.3) is 0 Å². The van der Waals surface area contributed by atoms with Crippen molar-refractivity contribution in [2.24, 2.45) is 17.3 Å². The summed E-state index contributed by atoms with van der Waals surface area (Å²) in [5.41, 5.74) is 3.37. The lowest BCUT2D eigenvalue weighted by Gasteiger charge is -2.74. The molecule has 2 spiro atoms. The number of rotatable bonds is 7. The third-order valence-corrected chi connectivity index (χ3v) is 12.4. The highest BCUT2D eigenvalue weighted by Crippen LogP contribution is 2.77. The normalized spacial score (nSPS) is 41.6. The topological polar surface area (TPSA) is 47.9 Å². The fraction of sp³-hybridized carbons (Fsp3) is 0.625. The molecule has 1 unspecified atom stereocenters. The minimum Gasteiger partial charge on any atom is -0.504 e. The Morgan fingerprint density at radius 2 is 1.97 bits per heavy atom. The van der Waals surface area contributed by atoms with Gasteiger partial charge in [-0.2, -0.15) is 0 Å². The summed E-state index contributed by atoms with van der Waals surface area (Å²) in [6.45, 7) is 3.62. The average molecular weight is 537 g/mol. The predicted octanol–water partition coefficient (Wildman–Crippen LogP) is 5.63. The number of quaternary nitrogens is 1. The van der Waals surface area contributed by atoms with Gasteiger partial charge in [0.05, 0.1) is 44.8 Å². The quantitative estimate of drug-likeness (QED) is 0.466. The van der Waals surface area contributed by atoms with Crippen LogP contribution in [0, 0.1) is 17.3 Å². The second-order valence-electron chi connectivity index (χ2n) is 13.5. The average Bonchev–Trinajstić information content (AvgIpc) is 3.64. The summed E-state index contributed by atoms with van der Waals surface area (Å²) in [5.74, 6) is 2.15. The van der Waals surface area contributed by atoms with Crippen LogP contribution in [0.25, 0.3) is 0 Å². The fourth-order valence-corrected chi connectivity index (χ4v) is 10.6. The van der Waals surface area contributed by atoms with Crippen molar-refractivity contribution in [3.8, 4) is 11.5 Å². The molecule has 0 amide bonds. The van der Waals surface area contributed by atoms with Crippen molar-refractivity contribution in [3.63, 3.8) is 0 Å². The third-order valence-electron chi connectivity index (χ3n) is 12.1. The van der Waals surface area contributed by atoms with Crippen LogP contribution in [0.2, 0.25) is 5.02 Å². The minimum atomic E-state index is -0.427. The number of halogens is 1. The van der Waals surface area contributed by atoms with Gasteiger partial charge in [-0.25, -0.2) is 0 Å². The lowest BCUT2D eigenvalue weighted by Crippen LogP contribution is -2.83. The number of hydrogen-bond acceptors (Lipinski definition) is 4. The highest BCUT2D eigenvalue weighted by atomic mass is 35.5. The maximum Gasteiger partial charge on any atom is 0.165 e. The molecule has 9 rings (SSSR count). The summed E-state index contributed by atoms with van der Waals surface area (Å²) in [6.07, 6.45) is 8.14. The summed E-state index contributed by atoms with van der Waals surface area (Å²) in [4.78, 5) is 0. The van der Waals surface area contributed by atoms with Crippen LogP contribution in [0.15, 0.2) is 36.4 Å². The van der Waals surface area contributed by atoms with E-state index in [2.05, 4.69) is 13.1 Å². The zero-order chi connectivity index (χ0) is 25.9. The van der Waals surface area contributed by atoms with E-state index in [0.717, 1.165) is 47.9 Å². The highest BCUT2D eigenvalue weighted by molar-refractivity contribution is 6.31. The van der Waals surface area contributed by atoms with E-state index in [1.807, 2.05) is 37.4 Å². The molecule has 1 saturated heterocycles. The van der Waals surface area contributed by atoms with Gasteiger partial charge in [0, 0.05) is 47.8 Å². The highest BCUT2D eigenvalue weighted by Gasteiger charge is 2.83. The van der Waals surface area contributed by atoms with Crippen molar-refractivity contribution in [1.82, 2.24) is 0 Å². The Hall–Kier alpha value is -1.79. The zero-order valence-corrected chi connectivity index (χ0v) is 23.3. The molecule has 38 heavy (non-hydrogen) atoms. The molecule has 2 aliphatic heterocycles. The number of methoxy groups -OCH3 is 1. The molecule has 4 bridgehead atoms. The second-order valence-corrected chi connectivity index (χ2v) is 13.9. The molecule has 7 atom stereocenters. The number of phenolic OH excluding ortho intramolecular Hbond substituents is 1. The molecule has 6 heteroatoms. The van der Waals surface area contributed by atoms with Crippen LogP contribution in [0.4, 0.5) is 0 Å². The van der Waals surface area contributed by atoms with Crippen LogP contribution in [0.1, 0.15) is 55.2 Å². The van der Waals surface area contributed by atoms with Gasteiger partial charge in [-0.05, 0) is 55.4 Å². The van der Waals surface area contributed by atoms with Crippen molar-refractivity contribution in [2.75, 3.05) is 33.9 Å². The molecule has 2 heterocycles. The van der Waals surface area contributed by atoms with Gasteiger partial charge in [-0.3, -0.25) is 0 Å². The lowest BCUT2D eigenvalue weighted by atomic mass is 9.34. The maximum atomic E-state index is 11.0. The molecule has 202 valence electrons. The first-order valence-corrected chi connectivity index (χ1v) is 15.0. The first-order valence-electron chi connectivity index (χ1n) is 14.6. The Kier molecular flexibility index (Phi) is 5.00. The number of hydrogen-bond donors (Lipinski definition) is 1.